The van der Waals surface area contributed by atoms with Crippen molar-refractivity contribution in [2.24, 2.45) is 0 Å². The van der Waals surface area contributed by atoms with Crippen LogP contribution in [0.25, 0.3) is 0 Å². The van der Waals surface area contributed by atoms with Crippen molar-refractivity contribution < 1.29 is 13.2 Å². The molecule has 0 radical (unpaired) electrons. The van der Waals surface area contributed by atoms with Crippen LogP contribution in [-0.4, -0.2) is 62.0 Å². The van der Waals surface area contributed by atoms with E-state index in [4.69, 9.17) is 0 Å². The molecule has 7 nitrogen and oxygen atoms in total. The third-order valence-electron chi connectivity index (χ3n) is 4.70. The van der Waals surface area contributed by atoms with E-state index >= 15 is 0 Å². The van der Waals surface area contributed by atoms with Crippen LogP contribution in [0.15, 0.2) is 18.3 Å². The van der Waals surface area contributed by atoms with Crippen LogP contribution in [0.5, 0.6) is 0 Å². The van der Waals surface area contributed by atoms with Crippen molar-refractivity contribution in [2.75, 3.05) is 42.7 Å². The molecule has 2 fully saturated rings. The highest BCUT2D eigenvalue weighted by atomic mass is 32.2. The number of piperidine rings is 1. The highest BCUT2D eigenvalue weighted by Crippen LogP contribution is 2.20. The molecule has 24 heavy (non-hydrogen) atoms. The summed E-state index contributed by atoms with van der Waals surface area (Å²) >= 11 is 0. The number of likely N-dealkylation sites (tertiary alicyclic amines) is 1. The normalized spacial score (nSPS) is 21.8. The molecule has 2 amide bonds. The van der Waals surface area contributed by atoms with Gasteiger partial charge in [-0.25, -0.2) is 18.2 Å². The molecule has 1 atom stereocenters. The van der Waals surface area contributed by atoms with Crippen LogP contribution in [0.2, 0.25) is 0 Å². The molecule has 3 heterocycles. The van der Waals surface area contributed by atoms with Crippen molar-refractivity contribution in [3.63, 3.8) is 0 Å². The highest BCUT2D eigenvalue weighted by Gasteiger charge is 2.29. The van der Waals surface area contributed by atoms with E-state index < -0.39 is 15.1 Å². The van der Waals surface area contributed by atoms with Gasteiger partial charge in [0, 0.05) is 32.4 Å². The topological polar surface area (TPSA) is 82.6 Å². The maximum atomic E-state index is 12.4. The number of carbonyl (C=O) groups is 1. The summed E-state index contributed by atoms with van der Waals surface area (Å²) < 4.78 is 23.4. The Morgan fingerprint density at radius 3 is 2.58 bits per heavy atom. The molecular weight excluding hydrogens is 328 g/mol. The summed E-state index contributed by atoms with van der Waals surface area (Å²) in [6.07, 6.45) is 6.60. The average molecular weight is 352 g/mol. The van der Waals surface area contributed by atoms with Crippen molar-refractivity contribution >= 4 is 27.4 Å². The molecule has 1 N–H and O–H groups in total. The Hall–Kier alpha value is -1.83. The van der Waals surface area contributed by atoms with Gasteiger partial charge in [-0.3, -0.25) is 0 Å². The Bertz CT molecular complexity index is 684. The summed E-state index contributed by atoms with van der Waals surface area (Å²) in [7, 11) is -3.12. The van der Waals surface area contributed by atoms with Crippen LogP contribution in [0.1, 0.15) is 25.7 Å². The molecule has 8 heteroatoms. The number of amides is 2. The number of anilines is 2. The summed E-state index contributed by atoms with van der Waals surface area (Å²) in [6, 6.07) is 3.49. The molecule has 0 aromatic carbocycles. The number of urea groups is 1. The zero-order valence-corrected chi connectivity index (χ0v) is 14.8. The first-order valence-electron chi connectivity index (χ1n) is 8.39. The molecule has 3 rings (SSSR count). The molecule has 1 aromatic heterocycles. The largest absolute Gasteiger partial charge is 0.357 e. The van der Waals surface area contributed by atoms with Crippen LogP contribution < -0.4 is 10.2 Å². The summed E-state index contributed by atoms with van der Waals surface area (Å²) in [5.41, 5.74) is 0.629. The minimum absolute atomic E-state index is 0.254. The number of hydrogen-bond acceptors (Lipinski definition) is 5. The first kappa shape index (κ1) is 17.0. The molecule has 0 aliphatic carbocycles. The van der Waals surface area contributed by atoms with Gasteiger partial charge in [0.2, 0.25) is 0 Å². The lowest BCUT2D eigenvalue weighted by atomic mass is 10.1. The van der Waals surface area contributed by atoms with E-state index in [-0.39, 0.29) is 12.6 Å². The Balaban J connectivity index is 1.60. The first-order chi connectivity index (χ1) is 11.4. The summed E-state index contributed by atoms with van der Waals surface area (Å²) in [4.78, 5) is 20.6. The smallest absolute Gasteiger partial charge is 0.321 e. The number of nitrogens with one attached hydrogen (secondary N) is 1. The van der Waals surface area contributed by atoms with Crippen LogP contribution in [0.4, 0.5) is 16.3 Å². The van der Waals surface area contributed by atoms with E-state index in [0.29, 0.717) is 25.1 Å². The molecule has 2 aliphatic heterocycles. The predicted molar refractivity (Wildman–Crippen MR) is 94.1 cm³/mol. The molecule has 1 unspecified atom stereocenters. The minimum atomic E-state index is -3.12. The van der Waals surface area contributed by atoms with Crippen LogP contribution in [0, 0.1) is 0 Å². The van der Waals surface area contributed by atoms with Crippen LogP contribution >= 0.6 is 0 Å². The third-order valence-corrected chi connectivity index (χ3v) is 6.30. The van der Waals surface area contributed by atoms with Gasteiger partial charge < -0.3 is 15.1 Å². The minimum Gasteiger partial charge on any atom is -0.357 e. The predicted octanol–water partition coefficient (Wildman–Crippen LogP) is 1.72. The van der Waals surface area contributed by atoms with Crippen molar-refractivity contribution in [2.45, 2.75) is 30.9 Å². The molecule has 2 saturated heterocycles. The van der Waals surface area contributed by atoms with Gasteiger partial charge in [0.25, 0.3) is 0 Å². The lowest BCUT2D eigenvalue weighted by Crippen LogP contribution is -2.46. The SMILES string of the molecule is CS(=O)(=O)C1CCCN(C(=O)Nc2ccc(N3CCCC3)nc2)C1. The number of rotatable bonds is 3. The molecule has 2 aliphatic rings. The molecule has 1 aromatic rings. The second kappa shape index (κ2) is 6.96. The van der Waals surface area contributed by atoms with Gasteiger partial charge in [-0.05, 0) is 37.8 Å². The molecule has 0 bridgehead atoms. The molecule has 0 saturated carbocycles. The summed E-state index contributed by atoms with van der Waals surface area (Å²) in [5.74, 6) is 0.931. The van der Waals surface area contributed by atoms with Gasteiger partial charge in [-0.2, -0.15) is 0 Å². The molecule has 132 valence electrons. The first-order valence-corrected chi connectivity index (χ1v) is 10.3. The Kier molecular flexibility index (Phi) is 4.93. The Morgan fingerprint density at radius 2 is 1.96 bits per heavy atom. The highest BCUT2D eigenvalue weighted by molar-refractivity contribution is 7.91. The fourth-order valence-corrected chi connectivity index (χ4v) is 4.31. The van der Waals surface area contributed by atoms with E-state index in [9.17, 15) is 13.2 Å². The zero-order chi connectivity index (χ0) is 17.2. The third kappa shape index (κ3) is 3.98. The van der Waals surface area contributed by atoms with Crippen molar-refractivity contribution in [3.05, 3.63) is 18.3 Å². The van der Waals surface area contributed by atoms with Gasteiger partial charge in [0.05, 0.1) is 17.1 Å². The Morgan fingerprint density at radius 1 is 1.21 bits per heavy atom. The summed E-state index contributed by atoms with van der Waals surface area (Å²) in [6.45, 7) is 2.89. The van der Waals surface area contributed by atoms with Gasteiger partial charge in [0.15, 0.2) is 9.84 Å². The summed E-state index contributed by atoms with van der Waals surface area (Å²) in [5, 5.41) is 2.35. The number of aromatic nitrogens is 1. The van der Waals surface area contributed by atoms with Crippen LogP contribution in [-0.2, 0) is 9.84 Å². The van der Waals surface area contributed by atoms with Crippen molar-refractivity contribution in [1.82, 2.24) is 9.88 Å². The number of hydrogen-bond donors (Lipinski definition) is 1. The molecular formula is C16H24N4O3S. The fraction of sp³-hybridized carbons (Fsp3) is 0.625. The standard InChI is InChI=1S/C16H24N4O3S/c1-24(22,23)14-5-4-10-20(12-14)16(21)18-13-6-7-15(17-11-13)19-8-2-3-9-19/h6-7,11,14H,2-5,8-10,12H2,1H3,(H,18,21). The lowest BCUT2D eigenvalue weighted by molar-refractivity contribution is 0.200. The average Bonchev–Trinajstić information content (AvgIpc) is 3.09. The number of nitrogens with zero attached hydrogens (tertiary/aromatic N) is 3. The van der Waals surface area contributed by atoms with E-state index in [1.165, 1.54) is 19.1 Å². The lowest BCUT2D eigenvalue weighted by Gasteiger charge is -2.31. The van der Waals surface area contributed by atoms with Gasteiger partial charge >= 0.3 is 6.03 Å². The number of carbonyl (C=O) groups excluding carboxylic acids is 1. The van der Waals surface area contributed by atoms with E-state index in [1.807, 2.05) is 12.1 Å². The fourth-order valence-electron chi connectivity index (χ4n) is 3.27. The van der Waals surface area contributed by atoms with Gasteiger partial charge in [-0.15, -0.1) is 0 Å². The van der Waals surface area contributed by atoms with Gasteiger partial charge in [-0.1, -0.05) is 0 Å². The quantitative estimate of drug-likeness (QED) is 0.896. The maximum absolute atomic E-state index is 12.4. The number of pyridine rings is 1. The van der Waals surface area contributed by atoms with Gasteiger partial charge in [0.1, 0.15) is 5.82 Å². The van der Waals surface area contributed by atoms with E-state index in [0.717, 1.165) is 18.9 Å². The second-order valence-electron chi connectivity index (χ2n) is 6.57. The Labute approximate surface area is 143 Å². The monoisotopic (exact) mass is 352 g/mol. The number of sulfone groups is 1. The van der Waals surface area contributed by atoms with Crippen molar-refractivity contribution in [3.8, 4) is 0 Å². The van der Waals surface area contributed by atoms with Crippen LogP contribution in [0.3, 0.4) is 0 Å². The zero-order valence-electron chi connectivity index (χ0n) is 13.9. The van der Waals surface area contributed by atoms with E-state index in [2.05, 4.69) is 15.2 Å². The maximum Gasteiger partial charge on any atom is 0.321 e. The van der Waals surface area contributed by atoms with Crippen molar-refractivity contribution in [1.29, 1.82) is 0 Å². The van der Waals surface area contributed by atoms with E-state index in [1.54, 1.807) is 11.1 Å². The molecule has 0 spiro atoms. The second-order valence-corrected chi connectivity index (χ2v) is 8.89.